The van der Waals surface area contributed by atoms with Gasteiger partial charge >= 0.3 is 0 Å². The molecule has 2 unspecified atom stereocenters. The zero-order valence-electron chi connectivity index (χ0n) is 15.1. The topological polar surface area (TPSA) is 67.8 Å². The van der Waals surface area contributed by atoms with Gasteiger partial charge in [0.05, 0.1) is 5.71 Å². The van der Waals surface area contributed by atoms with Crippen LogP contribution in [0.15, 0.2) is 51.3 Å². The molecular formula is C21H22FN3O2. The number of fused-ring (bicyclic) bond motifs is 1. The van der Waals surface area contributed by atoms with Crippen LogP contribution in [0.4, 0.5) is 4.39 Å². The van der Waals surface area contributed by atoms with Gasteiger partial charge in [0.1, 0.15) is 17.8 Å². The highest BCUT2D eigenvalue weighted by Crippen LogP contribution is 2.46. The van der Waals surface area contributed by atoms with E-state index in [-0.39, 0.29) is 11.6 Å². The lowest BCUT2D eigenvalue weighted by Crippen LogP contribution is -2.15. The Morgan fingerprint density at radius 2 is 1.93 bits per heavy atom. The SMILES string of the molecule is O=C(CCCCCCC1=NN=C(c2ccccc2F)C2CC12)c1ccon1. The fourth-order valence-corrected chi connectivity index (χ4v) is 3.72. The summed E-state index contributed by atoms with van der Waals surface area (Å²) in [5.74, 6) is 0.581. The Balaban J connectivity index is 1.21. The first-order chi connectivity index (χ1) is 13.2. The molecule has 2 aliphatic rings. The number of Topliss-reactive ketones (excluding diaryl/α,β-unsaturated/α-hetero) is 1. The Hall–Kier alpha value is -2.63. The highest BCUT2D eigenvalue weighted by atomic mass is 19.1. The summed E-state index contributed by atoms with van der Waals surface area (Å²) in [6.45, 7) is 0. The highest BCUT2D eigenvalue weighted by Gasteiger charge is 2.47. The van der Waals surface area contributed by atoms with E-state index >= 15 is 0 Å². The number of benzene rings is 1. The average molecular weight is 367 g/mol. The van der Waals surface area contributed by atoms with E-state index < -0.39 is 0 Å². The Bertz CT molecular complexity index is 873. The highest BCUT2D eigenvalue weighted by molar-refractivity contribution is 6.10. The maximum atomic E-state index is 14.0. The summed E-state index contributed by atoms with van der Waals surface area (Å²) >= 11 is 0. The summed E-state index contributed by atoms with van der Waals surface area (Å²) in [6.07, 6.45) is 7.87. The van der Waals surface area contributed by atoms with Crippen LogP contribution in [0.5, 0.6) is 0 Å². The lowest BCUT2D eigenvalue weighted by Gasteiger charge is -2.12. The number of rotatable bonds is 9. The number of hydrogen-bond acceptors (Lipinski definition) is 5. The molecule has 4 rings (SSSR count). The van der Waals surface area contributed by atoms with Gasteiger partial charge in [0.2, 0.25) is 0 Å². The van der Waals surface area contributed by atoms with Gasteiger partial charge in [-0.25, -0.2) is 4.39 Å². The fraction of sp³-hybridized carbons (Fsp3) is 0.429. The zero-order chi connectivity index (χ0) is 18.6. The number of halogens is 1. The van der Waals surface area contributed by atoms with Crippen molar-refractivity contribution in [2.75, 3.05) is 0 Å². The van der Waals surface area contributed by atoms with Crippen LogP contribution in [0, 0.1) is 17.7 Å². The summed E-state index contributed by atoms with van der Waals surface area (Å²) in [5, 5.41) is 12.4. The van der Waals surface area contributed by atoms with Gasteiger partial charge in [-0.15, -0.1) is 0 Å². The molecular weight excluding hydrogens is 345 g/mol. The molecule has 0 amide bonds. The standard InChI is InChI=1S/C21H22FN3O2/c22-17-8-6-5-7-14(17)21-16-13-15(16)18(23-24-21)9-3-1-2-4-10-20(26)19-11-12-27-25-19/h5-8,11-12,15-16H,1-4,9-10,13H2. The molecule has 27 heavy (non-hydrogen) atoms. The molecule has 0 bridgehead atoms. The van der Waals surface area contributed by atoms with Crippen molar-refractivity contribution in [1.29, 1.82) is 0 Å². The quantitative estimate of drug-likeness (QED) is 0.471. The number of carbonyl (C=O) groups is 1. The van der Waals surface area contributed by atoms with Crippen LogP contribution in [-0.2, 0) is 0 Å². The maximum Gasteiger partial charge on any atom is 0.184 e. The Morgan fingerprint density at radius 3 is 2.74 bits per heavy atom. The number of aromatic nitrogens is 1. The monoisotopic (exact) mass is 367 g/mol. The van der Waals surface area contributed by atoms with E-state index in [0.29, 0.717) is 29.5 Å². The number of carbonyl (C=O) groups excluding carboxylic acids is 1. The van der Waals surface area contributed by atoms with Crippen molar-refractivity contribution in [1.82, 2.24) is 5.16 Å². The average Bonchev–Trinajstić information content (AvgIpc) is 3.29. The molecule has 2 heterocycles. The van der Waals surface area contributed by atoms with Crippen LogP contribution in [0.2, 0.25) is 0 Å². The van der Waals surface area contributed by atoms with Crippen molar-refractivity contribution in [3.8, 4) is 0 Å². The number of unbranched alkanes of at least 4 members (excludes halogenated alkanes) is 3. The van der Waals surface area contributed by atoms with E-state index in [1.165, 1.54) is 12.3 Å². The first-order valence-corrected chi connectivity index (χ1v) is 9.57. The Kier molecular flexibility index (Phi) is 5.23. The molecule has 140 valence electrons. The molecule has 1 aromatic heterocycles. The molecule has 0 spiro atoms. The molecule has 6 heteroatoms. The predicted octanol–water partition coefficient (Wildman–Crippen LogP) is 4.83. The number of nitrogens with zero attached hydrogens (tertiary/aromatic N) is 3. The smallest absolute Gasteiger partial charge is 0.184 e. The third-order valence-corrected chi connectivity index (χ3v) is 5.32. The largest absolute Gasteiger partial charge is 0.364 e. The molecule has 1 aromatic carbocycles. The first-order valence-electron chi connectivity index (χ1n) is 9.57. The molecule has 2 aromatic rings. The van der Waals surface area contributed by atoms with E-state index in [4.69, 9.17) is 0 Å². The van der Waals surface area contributed by atoms with Crippen molar-refractivity contribution >= 4 is 17.2 Å². The molecule has 1 saturated carbocycles. The van der Waals surface area contributed by atoms with Gasteiger partial charge in [0.15, 0.2) is 5.78 Å². The van der Waals surface area contributed by atoms with Crippen LogP contribution in [0.1, 0.15) is 61.0 Å². The van der Waals surface area contributed by atoms with Crippen molar-refractivity contribution in [3.63, 3.8) is 0 Å². The van der Waals surface area contributed by atoms with Crippen molar-refractivity contribution in [3.05, 3.63) is 53.7 Å². The zero-order valence-corrected chi connectivity index (χ0v) is 15.1. The van der Waals surface area contributed by atoms with E-state index in [1.54, 1.807) is 18.2 Å². The van der Waals surface area contributed by atoms with Crippen molar-refractivity contribution < 1.29 is 13.7 Å². The molecule has 0 saturated heterocycles. The molecule has 2 atom stereocenters. The van der Waals surface area contributed by atoms with Gasteiger partial charge in [-0.1, -0.05) is 36.2 Å². The van der Waals surface area contributed by atoms with Gasteiger partial charge in [0, 0.05) is 35.6 Å². The van der Waals surface area contributed by atoms with E-state index in [0.717, 1.165) is 49.9 Å². The van der Waals surface area contributed by atoms with Crippen LogP contribution < -0.4 is 0 Å². The summed E-state index contributed by atoms with van der Waals surface area (Å²) in [5.41, 5.74) is 2.95. The van der Waals surface area contributed by atoms with E-state index in [9.17, 15) is 9.18 Å². The van der Waals surface area contributed by atoms with Gasteiger partial charge in [-0.05, 0) is 31.7 Å². The molecule has 0 N–H and O–H groups in total. The summed E-state index contributed by atoms with van der Waals surface area (Å²) in [7, 11) is 0. The second kappa shape index (κ2) is 7.94. The van der Waals surface area contributed by atoms with Gasteiger partial charge in [-0.3, -0.25) is 4.79 Å². The minimum Gasteiger partial charge on any atom is -0.364 e. The summed E-state index contributed by atoms with van der Waals surface area (Å²) in [6, 6.07) is 8.39. The lowest BCUT2D eigenvalue weighted by atomic mass is 9.99. The van der Waals surface area contributed by atoms with Crippen LogP contribution in [0.3, 0.4) is 0 Å². The summed E-state index contributed by atoms with van der Waals surface area (Å²) in [4.78, 5) is 11.8. The van der Waals surface area contributed by atoms with E-state index in [2.05, 4.69) is 19.9 Å². The predicted molar refractivity (Wildman–Crippen MR) is 101 cm³/mol. The number of hydrogen-bond donors (Lipinski definition) is 0. The van der Waals surface area contributed by atoms with Crippen LogP contribution in [-0.4, -0.2) is 22.4 Å². The molecule has 5 nitrogen and oxygen atoms in total. The molecule has 1 aliphatic carbocycles. The van der Waals surface area contributed by atoms with Gasteiger partial charge < -0.3 is 4.52 Å². The van der Waals surface area contributed by atoms with Crippen LogP contribution >= 0.6 is 0 Å². The summed E-state index contributed by atoms with van der Waals surface area (Å²) < 4.78 is 18.7. The second-order valence-corrected chi connectivity index (χ2v) is 7.23. The third kappa shape index (κ3) is 4.04. The minimum absolute atomic E-state index is 0.0382. The fourth-order valence-electron chi connectivity index (χ4n) is 3.72. The van der Waals surface area contributed by atoms with Gasteiger partial charge in [0.25, 0.3) is 0 Å². The first kappa shape index (κ1) is 17.8. The maximum absolute atomic E-state index is 14.0. The van der Waals surface area contributed by atoms with E-state index in [1.807, 2.05) is 6.07 Å². The van der Waals surface area contributed by atoms with Crippen LogP contribution in [0.25, 0.3) is 0 Å². The Morgan fingerprint density at radius 1 is 1.07 bits per heavy atom. The molecule has 1 fully saturated rings. The molecule has 1 aliphatic heterocycles. The van der Waals surface area contributed by atoms with Gasteiger partial charge in [-0.2, -0.15) is 10.2 Å². The third-order valence-electron chi connectivity index (χ3n) is 5.32. The second-order valence-electron chi connectivity index (χ2n) is 7.23. The Labute approximate surface area is 157 Å². The molecule has 0 radical (unpaired) electrons. The normalized spacial score (nSPS) is 20.6. The number of ketones is 1. The van der Waals surface area contributed by atoms with Crippen molar-refractivity contribution in [2.24, 2.45) is 22.0 Å². The van der Waals surface area contributed by atoms with Crippen molar-refractivity contribution in [2.45, 2.75) is 44.9 Å². The minimum atomic E-state index is -0.222. The lowest BCUT2D eigenvalue weighted by molar-refractivity contribution is 0.0970.